The van der Waals surface area contributed by atoms with Crippen molar-refractivity contribution in [2.24, 2.45) is 0 Å². The van der Waals surface area contributed by atoms with Crippen molar-refractivity contribution >= 4 is 35.0 Å². The van der Waals surface area contributed by atoms with Crippen LogP contribution in [0.5, 0.6) is 0 Å². The van der Waals surface area contributed by atoms with Crippen molar-refractivity contribution in [3.8, 4) is 0 Å². The molecular weight excluding hydrogens is 342 g/mol. The maximum atomic E-state index is 12.5. The zero-order valence-corrected chi connectivity index (χ0v) is 14.6. The Balaban J connectivity index is 1.77. The van der Waals surface area contributed by atoms with E-state index in [0.29, 0.717) is 19.0 Å². The fraction of sp³-hybridized carbons (Fsp3) is 0.353. The van der Waals surface area contributed by atoms with Gasteiger partial charge in [0.1, 0.15) is 11.0 Å². The first-order valence-electron chi connectivity index (χ1n) is 8.11. The monoisotopic (exact) mass is 361 g/mol. The average molecular weight is 362 g/mol. The van der Waals surface area contributed by atoms with Gasteiger partial charge in [0.05, 0.1) is 19.2 Å². The third-order valence-electron chi connectivity index (χ3n) is 4.09. The van der Waals surface area contributed by atoms with Gasteiger partial charge in [-0.1, -0.05) is 36.7 Å². The highest BCUT2D eigenvalue weighted by atomic mass is 35.5. The van der Waals surface area contributed by atoms with E-state index in [1.54, 1.807) is 6.07 Å². The standard InChI is InChI=1S/C17H20ClN5O2/c1-2-12-10-25-13(16(24)20-11-6-4-3-5-7-11)9-23(12)15-8-14(18)21-17(19)22-15/h3-8,12-13H,2,9-10H2,1H3,(H,20,24)(H2,19,21,22). The fourth-order valence-corrected chi connectivity index (χ4v) is 2.97. The Morgan fingerprint density at radius 2 is 2.16 bits per heavy atom. The summed E-state index contributed by atoms with van der Waals surface area (Å²) in [6, 6.07) is 11.0. The average Bonchev–Trinajstić information content (AvgIpc) is 2.61. The molecule has 0 bridgehead atoms. The number of benzene rings is 1. The van der Waals surface area contributed by atoms with Crippen LogP contribution in [0.1, 0.15) is 13.3 Å². The second kappa shape index (κ2) is 7.67. The van der Waals surface area contributed by atoms with Crippen molar-refractivity contribution in [2.75, 3.05) is 29.1 Å². The predicted octanol–water partition coefficient (Wildman–Crippen LogP) is 2.33. The summed E-state index contributed by atoms with van der Waals surface area (Å²) in [6.07, 6.45) is 0.229. The molecule has 8 heteroatoms. The predicted molar refractivity (Wildman–Crippen MR) is 97.7 cm³/mol. The number of para-hydroxylation sites is 1. The minimum Gasteiger partial charge on any atom is -0.368 e. The van der Waals surface area contributed by atoms with Gasteiger partial charge >= 0.3 is 0 Å². The Morgan fingerprint density at radius 1 is 1.40 bits per heavy atom. The third kappa shape index (κ3) is 4.18. The van der Waals surface area contributed by atoms with Crippen LogP contribution in [0, 0.1) is 0 Å². The SMILES string of the molecule is CCC1COC(C(=O)Nc2ccccc2)CN1c1cc(Cl)nc(N)n1. The number of hydrogen-bond acceptors (Lipinski definition) is 6. The first kappa shape index (κ1) is 17.4. The third-order valence-corrected chi connectivity index (χ3v) is 4.28. The maximum absolute atomic E-state index is 12.5. The molecule has 25 heavy (non-hydrogen) atoms. The van der Waals surface area contributed by atoms with Crippen LogP contribution in [0.3, 0.4) is 0 Å². The Kier molecular flexibility index (Phi) is 5.35. The summed E-state index contributed by atoms with van der Waals surface area (Å²) >= 11 is 6.00. The fourth-order valence-electron chi connectivity index (χ4n) is 2.79. The molecule has 1 aliphatic rings. The summed E-state index contributed by atoms with van der Waals surface area (Å²) < 4.78 is 5.77. The number of carbonyl (C=O) groups excluding carboxylic acids is 1. The van der Waals surface area contributed by atoms with E-state index in [9.17, 15) is 4.79 Å². The van der Waals surface area contributed by atoms with E-state index >= 15 is 0 Å². The normalized spacial score (nSPS) is 20.3. The Morgan fingerprint density at radius 3 is 2.84 bits per heavy atom. The second-order valence-electron chi connectivity index (χ2n) is 5.80. The molecule has 3 rings (SSSR count). The highest BCUT2D eigenvalue weighted by Crippen LogP contribution is 2.25. The van der Waals surface area contributed by atoms with Crippen molar-refractivity contribution in [3.05, 3.63) is 41.6 Å². The van der Waals surface area contributed by atoms with Crippen LogP contribution in [0.25, 0.3) is 0 Å². The molecule has 1 saturated heterocycles. The molecule has 2 atom stereocenters. The number of nitrogens with zero attached hydrogens (tertiary/aromatic N) is 3. The highest BCUT2D eigenvalue weighted by molar-refractivity contribution is 6.29. The number of halogens is 1. The number of hydrogen-bond donors (Lipinski definition) is 2. The van der Waals surface area contributed by atoms with Crippen molar-refractivity contribution in [3.63, 3.8) is 0 Å². The van der Waals surface area contributed by atoms with Crippen LogP contribution in [-0.2, 0) is 9.53 Å². The number of nitrogens with two attached hydrogens (primary N) is 1. The van der Waals surface area contributed by atoms with Gasteiger partial charge < -0.3 is 20.7 Å². The van der Waals surface area contributed by atoms with Gasteiger partial charge in [0, 0.05) is 11.8 Å². The van der Waals surface area contributed by atoms with Gasteiger partial charge in [-0.25, -0.2) is 4.98 Å². The van der Waals surface area contributed by atoms with Gasteiger partial charge in [-0.3, -0.25) is 4.79 Å². The lowest BCUT2D eigenvalue weighted by molar-refractivity contribution is -0.129. The second-order valence-corrected chi connectivity index (χ2v) is 6.19. The van der Waals surface area contributed by atoms with Crippen LogP contribution < -0.4 is 16.0 Å². The highest BCUT2D eigenvalue weighted by Gasteiger charge is 2.33. The van der Waals surface area contributed by atoms with E-state index in [-0.39, 0.29) is 23.1 Å². The first-order chi connectivity index (χ1) is 12.1. The van der Waals surface area contributed by atoms with Gasteiger partial charge in [-0.2, -0.15) is 4.98 Å². The number of amides is 1. The van der Waals surface area contributed by atoms with Crippen molar-refractivity contribution in [1.82, 2.24) is 9.97 Å². The molecule has 132 valence electrons. The van der Waals surface area contributed by atoms with Crippen LogP contribution in [0.2, 0.25) is 5.15 Å². The molecular formula is C17H20ClN5O2. The van der Waals surface area contributed by atoms with Gasteiger partial charge in [0.15, 0.2) is 6.10 Å². The first-order valence-corrected chi connectivity index (χ1v) is 8.49. The lowest BCUT2D eigenvalue weighted by Crippen LogP contribution is -2.53. The van der Waals surface area contributed by atoms with Gasteiger partial charge in [0.25, 0.3) is 5.91 Å². The molecule has 1 fully saturated rings. The number of nitrogens with one attached hydrogen (secondary N) is 1. The number of anilines is 3. The molecule has 1 aliphatic heterocycles. The van der Waals surface area contributed by atoms with E-state index in [2.05, 4.69) is 22.2 Å². The number of nitrogen functional groups attached to an aromatic ring is 1. The molecule has 1 aromatic heterocycles. The molecule has 0 spiro atoms. The molecule has 7 nitrogen and oxygen atoms in total. The minimum atomic E-state index is -0.613. The molecule has 2 unspecified atom stereocenters. The quantitative estimate of drug-likeness (QED) is 0.812. The number of morpholine rings is 1. The minimum absolute atomic E-state index is 0.0890. The number of carbonyl (C=O) groups is 1. The van der Waals surface area contributed by atoms with Gasteiger partial charge in [0.2, 0.25) is 5.95 Å². The molecule has 0 saturated carbocycles. The van der Waals surface area contributed by atoms with E-state index in [0.717, 1.165) is 12.1 Å². The lowest BCUT2D eigenvalue weighted by atomic mass is 10.1. The topological polar surface area (TPSA) is 93.4 Å². The lowest BCUT2D eigenvalue weighted by Gasteiger charge is -2.39. The van der Waals surface area contributed by atoms with Gasteiger partial charge in [-0.15, -0.1) is 0 Å². The zero-order chi connectivity index (χ0) is 17.8. The zero-order valence-electron chi connectivity index (χ0n) is 13.9. The van der Waals surface area contributed by atoms with Crippen molar-refractivity contribution in [1.29, 1.82) is 0 Å². The molecule has 0 aliphatic carbocycles. The van der Waals surface area contributed by atoms with Crippen LogP contribution >= 0.6 is 11.6 Å². The summed E-state index contributed by atoms with van der Waals surface area (Å²) in [6.45, 7) is 2.84. The molecule has 3 N–H and O–H groups in total. The molecule has 0 radical (unpaired) electrons. The molecule has 1 amide bonds. The summed E-state index contributed by atoms with van der Waals surface area (Å²) in [4.78, 5) is 22.7. The van der Waals surface area contributed by atoms with E-state index < -0.39 is 6.10 Å². The van der Waals surface area contributed by atoms with Crippen LogP contribution in [0.4, 0.5) is 17.5 Å². The number of rotatable bonds is 4. The largest absolute Gasteiger partial charge is 0.368 e. The maximum Gasteiger partial charge on any atom is 0.255 e. The summed E-state index contributed by atoms with van der Waals surface area (Å²) in [5.74, 6) is 0.512. The smallest absolute Gasteiger partial charge is 0.255 e. The number of ether oxygens (including phenoxy) is 1. The van der Waals surface area contributed by atoms with E-state index in [4.69, 9.17) is 22.1 Å². The van der Waals surface area contributed by atoms with E-state index in [1.165, 1.54) is 0 Å². The Bertz CT molecular complexity index is 723. The molecule has 2 aromatic rings. The van der Waals surface area contributed by atoms with Crippen LogP contribution in [0.15, 0.2) is 36.4 Å². The van der Waals surface area contributed by atoms with E-state index in [1.807, 2.05) is 35.2 Å². The Hall–Kier alpha value is -2.38. The number of aromatic nitrogens is 2. The Labute approximate surface area is 151 Å². The molecule has 2 heterocycles. The molecule has 1 aromatic carbocycles. The summed E-state index contributed by atoms with van der Waals surface area (Å²) in [5.41, 5.74) is 6.44. The summed E-state index contributed by atoms with van der Waals surface area (Å²) in [5, 5.41) is 3.14. The van der Waals surface area contributed by atoms with Crippen molar-refractivity contribution in [2.45, 2.75) is 25.5 Å². The summed E-state index contributed by atoms with van der Waals surface area (Å²) in [7, 11) is 0. The van der Waals surface area contributed by atoms with Gasteiger partial charge in [-0.05, 0) is 18.6 Å². The van der Waals surface area contributed by atoms with Crippen LogP contribution in [-0.4, -0.2) is 41.2 Å². The van der Waals surface area contributed by atoms with Crippen molar-refractivity contribution < 1.29 is 9.53 Å².